The van der Waals surface area contributed by atoms with Crippen molar-refractivity contribution in [2.24, 2.45) is 4.99 Å². The Balaban J connectivity index is 1.53. The minimum Gasteiger partial charge on any atom is -0.494 e. The Morgan fingerprint density at radius 2 is 2.00 bits per heavy atom. The molecule has 0 radical (unpaired) electrons. The maximum Gasteiger partial charge on any atom is 0.270 e. The van der Waals surface area contributed by atoms with E-state index in [1.165, 1.54) is 30.0 Å². The van der Waals surface area contributed by atoms with Crippen LogP contribution in [0.4, 0.5) is 11.4 Å². The number of rotatable bonds is 6. The average Bonchev–Trinajstić information content (AvgIpc) is 3.36. The number of nitro groups is 1. The number of nitrogens with zero attached hydrogens (tertiary/aromatic N) is 2. The van der Waals surface area contributed by atoms with E-state index >= 15 is 0 Å². The van der Waals surface area contributed by atoms with Crippen molar-refractivity contribution in [2.75, 3.05) is 6.61 Å². The Labute approximate surface area is 192 Å². The van der Waals surface area contributed by atoms with Gasteiger partial charge in [0.05, 0.1) is 27.1 Å². The SMILES string of the molecule is CCOc1ccc(N=C2NC(=O)/C(=C/c3ccc(-c4cc([N+](=O)[O-])ccc4Cl)o3)S2)cc1. The number of non-ortho nitro benzene ring substituents is 1. The largest absolute Gasteiger partial charge is 0.494 e. The van der Waals surface area contributed by atoms with E-state index in [1.807, 2.05) is 19.1 Å². The van der Waals surface area contributed by atoms with Gasteiger partial charge in [-0.2, -0.15) is 0 Å². The van der Waals surface area contributed by atoms with Gasteiger partial charge in [-0.3, -0.25) is 14.9 Å². The van der Waals surface area contributed by atoms with Crippen LogP contribution in [0.2, 0.25) is 5.02 Å². The lowest BCUT2D eigenvalue weighted by Gasteiger charge is -2.02. The molecule has 1 N–H and O–H groups in total. The van der Waals surface area contributed by atoms with Crippen LogP contribution in [-0.2, 0) is 4.79 Å². The highest BCUT2D eigenvalue weighted by Crippen LogP contribution is 2.34. The summed E-state index contributed by atoms with van der Waals surface area (Å²) in [7, 11) is 0. The molecule has 0 unspecified atom stereocenters. The minimum absolute atomic E-state index is 0.0958. The predicted molar refractivity (Wildman–Crippen MR) is 124 cm³/mol. The van der Waals surface area contributed by atoms with Crippen LogP contribution >= 0.6 is 23.4 Å². The molecule has 162 valence electrons. The Morgan fingerprint density at radius 3 is 2.72 bits per heavy atom. The number of nitro benzene ring substituents is 1. The van der Waals surface area contributed by atoms with Crippen molar-refractivity contribution < 1.29 is 18.9 Å². The van der Waals surface area contributed by atoms with Gasteiger partial charge in [0.25, 0.3) is 11.6 Å². The molecule has 1 aromatic heterocycles. The summed E-state index contributed by atoms with van der Waals surface area (Å²) in [6, 6.07) is 14.6. The van der Waals surface area contributed by atoms with Gasteiger partial charge in [-0.15, -0.1) is 0 Å². The van der Waals surface area contributed by atoms with Gasteiger partial charge < -0.3 is 14.5 Å². The molecule has 10 heteroatoms. The van der Waals surface area contributed by atoms with Gasteiger partial charge in [-0.25, -0.2) is 4.99 Å². The third kappa shape index (κ3) is 4.84. The van der Waals surface area contributed by atoms with E-state index in [0.717, 1.165) is 5.75 Å². The first-order chi connectivity index (χ1) is 15.4. The van der Waals surface area contributed by atoms with Crippen LogP contribution in [0.3, 0.4) is 0 Å². The van der Waals surface area contributed by atoms with Crippen LogP contribution in [0.5, 0.6) is 5.75 Å². The molecule has 1 aliphatic rings. The average molecular weight is 470 g/mol. The summed E-state index contributed by atoms with van der Waals surface area (Å²) in [5, 5.41) is 14.5. The molecule has 32 heavy (non-hydrogen) atoms. The molecule has 0 aliphatic carbocycles. The number of hydrogen-bond donors (Lipinski definition) is 1. The Morgan fingerprint density at radius 1 is 1.22 bits per heavy atom. The molecule has 8 nitrogen and oxygen atoms in total. The van der Waals surface area contributed by atoms with Crippen molar-refractivity contribution in [3.8, 4) is 17.1 Å². The van der Waals surface area contributed by atoms with Gasteiger partial charge in [0.15, 0.2) is 5.17 Å². The first-order valence-electron chi connectivity index (χ1n) is 9.49. The van der Waals surface area contributed by atoms with Gasteiger partial charge in [-0.1, -0.05) is 11.6 Å². The van der Waals surface area contributed by atoms with Crippen LogP contribution in [0, 0.1) is 10.1 Å². The smallest absolute Gasteiger partial charge is 0.270 e. The third-order valence-electron chi connectivity index (χ3n) is 4.36. The summed E-state index contributed by atoms with van der Waals surface area (Å²) in [6.07, 6.45) is 1.58. The molecule has 2 aromatic carbocycles. The van der Waals surface area contributed by atoms with Crippen molar-refractivity contribution in [1.29, 1.82) is 0 Å². The number of furan rings is 1. The van der Waals surface area contributed by atoms with Gasteiger partial charge in [0.2, 0.25) is 0 Å². The first-order valence-corrected chi connectivity index (χ1v) is 10.7. The molecule has 1 fully saturated rings. The van der Waals surface area contributed by atoms with Gasteiger partial charge in [0.1, 0.15) is 17.3 Å². The van der Waals surface area contributed by atoms with Crippen LogP contribution in [0.15, 0.2) is 68.9 Å². The molecule has 3 aromatic rings. The maximum atomic E-state index is 12.3. The zero-order valence-electron chi connectivity index (χ0n) is 16.7. The number of ether oxygens (including phenoxy) is 1. The van der Waals surface area contributed by atoms with Crippen molar-refractivity contribution in [3.63, 3.8) is 0 Å². The maximum absolute atomic E-state index is 12.3. The molecular weight excluding hydrogens is 454 g/mol. The van der Waals surface area contributed by atoms with Crippen molar-refractivity contribution in [1.82, 2.24) is 5.32 Å². The quantitative estimate of drug-likeness (QED) is 0.278. The summed E-state index contributed by atoms with van der Waals surface area (Å²) in [4.78, 5) is 27.7. The summed E-state index contributed by atoms with van der Waals surface area (Å²) in [5.41, 5.74) is 0.978. The summed E-state index contributed by atoms with van der Waals surface area (Å²) >= 11 is 7.35. The van der Waals surface area contributed by atoms with Crippen molar-refractivity contribution >= 4 is 51.9 Å². The second-order valence-corrected chi connectivity index (χ2v) is 7.97. The van der Waals surface area contributed by atoms with Crippen LogP contribution < -0.4 is 10.1 Å². The van der Waals surface area contributed by atoms with E-state index in [-0.39, 0.29) is 11.6 Å². The number of benzene rings is 2. The zero-order valence-corrected chi connectivity index (χ0v) is 18.3. The second kappa shape index (κ2) is 9.29. The molecule has 0 saturated carbocycles. The highest BCUT2D eigenvalue weighted by Gasteiger charge is 2.24. The van der Waals surface area contributed by atoms with Gasteiger partial charge >= 0.3 is 0 Å². The fraction of sp³-hybridized carbons (Fsp3) is 0.0909. The number of aliphatic imine (C=N–C) groups is 1. The van der Waals surface area contributed by atoms with Gasteiger partial charge in [0, 0.05) is 23.8 Å². The molecule has 0 bridgehead atoms. The lowest BCUT2D eigenvalue weighted by molar-refractivity contribution is -0.384. The van der Waals surface area contributed by atoms with E-state index in [9.17, 15) is 14.9 Å². The van der Waals surface area contributed by atoms with Crippen LogP contribution in [0.25, 0.3) is 17.4 Å². The zero-order chi connectivity index (χ0) is 22.7. The normalized spacial score (nSPS) is 15.9. The number of nitrogens with one attached hydrogen (secondary N) is 1. The Kier molecular flexibility index (Phi) is 6.29. The lowest BCUT2D eigenvalue weighted by atomic mass is 10.1. The highest BCUT2D eigenvalue weighted by atomic mass is 35.5. The lowest BCUT2D eigenvalue weighted by Crippen LogP contribution is -2.19. The number of thioether (sulfide) groups is 1. The number of hydrogen-bond acceptors (Lipinski definition) is 7. The minimum atomic E-state index is -0.504. The van der Waals surface area contributed by atoms with Crippen molar-refractivity contribution in [2.45, 2.75) is 6.92 Å². The number of amides is 1. The Hall–Kier alpha value is -3.56. The number of carbonyl (C=O) groups excluding carboxylic acids is 1. The predicted octanol–water partition coefficient (Wildman–Crippen LogP) is 5.80. The molecule has 2 heterocycles. The summed E-state index contributed by atoms with van der Waals surface area (Å²) < 4.78 is 11.2. The number of amidine groups is 1. The molecule has 4 rings (SSSR count). The molecule has 1 amide bonds. The third-order valence-corrected chi connectivity index (χ3v) is 5.60. The van der Waals surface area contributed by atoms with E-state index in [4.69, 9.17) is 20.8 Å². The first kappa shape index (κ1) is 21.7. The highest BCUT2D eigenvalue weighted by molar-refractivity contribution is 8.18. The fourth-order valence-corrected chi connectivity index (χ4v) is 3.93. The number of halogens is 1. The van der Waals surface area contributed by atoms with Crippen molar-refractivity contribution in [3.05, 3.63) is 80.4 Å². The second-order valence-electron chi connectivity index (χ2n) is 6.53. The Bertz CT molecular complexity index is 1250. The molecule has 0 spiro atoms. The number of carbonyl (C=O) groups is 1. The molecule has 1 saturated heterocycles. The van der Waals surface area contributed by atoms with E-state index in [0.29, 0.717) is 44.5 Å². The molecule has 0 atom stereocenters. The van der Waals surface area contributed by atoms with Crippen LogP contribution in [-0.4, -0.2) is 22.6 Å². The summed E-state index contributed by atoms with van der Waals surface area (Å²) in [5.74, 6) is 1.21. The van der Waals surface area contributed by atoms with E-state index in [1.54, 1.807) is 30.3 Å². The van der Waals surface area contributed by atoms with E-state index < -0.39 is 4.92 Å². The standard InChI is InChI=1S/C22H16ClN3O5S/c1-2-30-15-6-3-13(4-7-15)24-22-25-21(27)20(32-22)12-16-8-10-19(31-16)17-11-14(26(28)29)5-9-18(17)23/h3-12H,2H2,1H3,(H,24,25,27)/b20-12-. The molecule has 1 aliphatic heterocycles. The van der Waals surface area contributed by atoms with Crippen LogP contribution in [0.1, 0.15) is 12.7 Å². The monoisotopic (exact) mass is 469 g/mol. The van der Waals surface area contributed by atoms with Gasteiger partial charge in [-0.05, 0) is 61.2 Å². The summed E-state index contributed by atoms with van der Waals surface area (Å²) in [6.45, 7) is 2.49. The van der Waals surface area contributed by atoms with E-state index in [2.05, 4.69) is 10.3 Å². The molecular formula is C22H16ClN3O5S. The fourth-order valence-electron chi connectivity index (χ4n) is 2.90. The topological polar surface area (TPSA) is 107 Å².